The van der Waals surface area contributed by atoms with Crippen molar-refractivity contribution in [1.82, 2.24) is 10.3 Å². The maximum Gasteiger partial charge on any atom is 0.257 e. The van der Waals surface area contributed by atoms with Crippen molar-refractivity contribution in [2.24, 2.45) is 5.92 Å². The molecule has 2 N–H and O–H groups in total. The van der Waals surface area contributed by atoms with Crippen molar-refractivity contribution in [2.75, 3.05) is 6.61 Å². The zero-order chi connectivity index (χ0) is 21.8. The number of ether oxygens (including phenoxy) is 1. The fraction of sp³-hybridized carbons (Fsp3) is 0.250. The first-order valence-corrected chi connectivity index (χ1v) is 10.8. The van der Waals surface area contributed by atoms with Crippen molar-refractivity contribution >= 4 is 29.1 Å². The number of amides is 1. The Bertz CT molecular complexity index is 1100. The number of carbonyl (C=O) groups excluding carboxylic acids is 1. The number of rotatable bonds is 8. The molecule has 0 atom stereocenters. The van der Waals surface area contributed by atoms with Gasteiger partial charge in [0.15, 0.2) is 0 Å². The molecular formula is C24H22Cl2N2O3. The first-order valence-electron chi connectivity index (χ1n) is 10.1. The number of carbonyl (C=O) groups is 1. The summed E-state index contributed by atoms with van der Waals surface area (Å²) in [6.07, 6.45) is 3.95. The van der Waals surface area contributed by atoms with Crippen molar-refractivity contribution in [2.45, 2.75) is 26.0 Å². The van der Waals surface area contributed by atoms with E-state index in [1.165, 1.54) is 0 Å². The van der Waals surface area contributed by atoms with Gasteiger partial charge in [0.1, 0.15) is 5.56 Å². The number of halogens is 2. The van der Waals surface area contributed by atoms with Crippen LogP contribution in [-0.2, 0) is 13.2 Å². The van der Waals surface area contributed by atoms with Crippen molar-refractivity contribution in [3.63, 3.8) is 0 Å². The van der Waals surface area contributed by atoms with Crippen LogP contribution in [0, 0.1) is 5.92 Å². The normalized spacial score (nSPS) is 13.1. The van der Waals surface area contributed by atoms with Crippen molar-refractivity contribution < 1.29 is 14.6 Å². The minimum atomic E-state index is -0.298. The van der Waals surface area contributed by atoms with Gasteiger partial charge in [-0.05, 0) is 53.6 Å². The summed E-state index contributed by atoms with van der Waals surface area (Å²) >= 11 is 12.0. The molecular weight excluding hydrogens is 435 g/mol. The van der Waals surface area contributed by atoms with Crippen LogP contribution in [0.25, 0.3) is 11.1 Å². The smallest absolute Gasteiger partial charge is 0.257 e. The summed E-state index contributed by atoms with van der Waals surface area (Å²) in [5.74, 6) is 0.542. The van der Waals surface area contributed by atoms with Gasteiger partial charge in [-0.25, -0.2) is 4.98 Å². The number of aromatic nitrogens is 1. The Morgan fingerprint density at radius 1 is 1.13 bits per heavy atom. The fourth-order valence-electron chi connectivity index (χ4n) is 3.23. The number of hydrogen-bond donors (Lipinski definition) is 2. The fourth-order valence-corrected chi connectivity index (χ4v) is 3.55. The highest BCUT2D eigenvalue weighted by molar-refractivity contribution is 6.42. The summed E-state index contributed by atoms with van der Waals surface area (Å²) in [5, 5.41) is 13.5. The molecule has 1 fully saturated rings. The van der Waals surface area contributed by atoms with E-state index < -0.39 is 0 Å². The van der Waals surface area contributed by atoms with Gasteiger partial charge in [-0.15, -0.1) is 0 Å². The molecule has 1 aliphatic carbocycles. The lowest BCUT2D eigenvalue weighted by Gasteiger charge is -2.14. The maximum absolute atomic E-state index is 13.0. The molecule has 2 aromatic carbocycles. The van der Waals surface area contributed by atoms with Crippen LogP contribution in [0.3, 0.4) is 0 Å². The van der Waals surface area contributed by atoms with Crippen LogP contribution in [-0.4, -0.2) is 22.6 Å². The van der Waals surface area contributed by atoms with E-state index in [-0.39, 0.29) is 19.1 Å². The van der Waals surface area contributed by atoms with E-state index >= 15 is 0 Å². The van der Waals surface area contributed by atoms with Gasteiger partial charge >= 0.3 is 0 Å². The molecule has 31 heavy (non-hydrogen) atoms. The monoisotopic (exact) mass is 456 g/mol. The lowest BCUT2D eigenvalue weighted by molar-refractivity contribution is 0.0945. The van der Waals surface area contributed by atoms with E-state index in [0.717, 1.165) is 35.1 Å². The number of hydrogen-bond acceptors (Lipinski definition) is 4. The number of pyridine rings is 1. The molecule has 0 saturated heterocycles. The highest BCUT2D eigenvalue weighted by Gasteiger charge is 2.24. The highest BCUT2D eigenvalue weighted by atomic mass is 35.5. The van der Waals surface area contributed by atoms with Gasteiger partial charge < -0.3 is 15.2 Å². The largest absolute Gasteiger partial charge is 0.477 e. The predicted octanol–water partition coefficient (Wildman–Crippen LogP) is 5.27. The van der Waals surface area contributed by atoms with Crippen LogP contribution in [0.2, 0.25) is 10.0 Å². The molecule has 1 amide bonds. The Kier molecular flexibility index (Phi) is 6.76. The average Bonchev–Trinajstić information content (AvgIpc) is 3.62. The van der Waals surface area contributed by atoms with E-state index in [4.69, 9.17) is 27.9 Å². The summed E-state index contributed by atoms with van der Waals surface area (Å²) in [4.78, 5) is 17.5. The van der Waals surface area contributed by atoms with Crippen molar-refractivity contribution in [3.8, 4) is 17.0 Å². The second-order valence-corrected chi connectivity index (χ2v) is 8.39. The van der Waals surface area contributed by atoms with Gasteiger partial charge in [0, 0.05) is 18.3 Å². The zero-order valence-corrected chi connectivity index (χ0v) is 18.3. The summed E-state index contributed by atoms with van der Waals surface area (Å²) in [7, 11) is 0. The van der Waals surface area contributed by atoms with Crippen LogP contribution in [0.4, 0.5) is 0 Å². The standard InChI is InChI=1S/C24H22Cl2N2O3/c25-21-8-7-16(9-22(21)26)11-27-23(30)20-10-18(19-4-2-1-3-17(19)13-29)12-28-24(20)31-14-15-5-6-15/h1-4,7-10,12,15,29H,5-6,11,13-14H2,(H,27,30). The molecule has 0 bridgehead atoms. The molecule has 1 saturated carbocycles. The number of benzene rings is 2. The minimum absolute atomic E-state index is 0.102. The van der Waals surface area contributed by atoms with Crippen LogP contribution >= 0.6 is 23.2 Å². The molecule has 1 aliphatic rings. The first kappa shape index (κ1) is 21.6. The molecule has 0 unspecified atom stereocenters. The number of nitrogens with zero attached hydrogens (tertiary/aromatic N) is 1. The van der Waals surface area contributed by atoms with Crippen molar-refractivity contribution in [1.29, 1.82) is 0 Å². The Labute approximate surface area is 191 Å². The van der Waals surface area contributed by atoms with Crippen LogP contribution in [0.15, 0.2) is 54.7 Å². The Balaban J connectivity index is 1.60. The Morgan fingerprint density at radius 2 is 1.94 bits per heavy atom. The third kappa shape index (κ3) is 5.37. The number of nitrogens with one attached hydrogen (secondary N) is 1. The van der Waals surface area contributed by atoms with E-state index in [2.05, 4.69) is 10.3 Å². The summed E-state index contributed by atoms with van der Waals surface area (Å²) < 4.78 is 5.86. The van der Waals surface area contributed by atoms with Gasteiger partial charge in [0.2, 0.25) is 5.88 Å². The molecule has 1 aromatic heterocycles. The Hall–Kier alpha value is -2.60. The lowest BCUT2D eigenvalue weighted by atomic mass is 10.00. The molecule has 4 rings (SSSR count). The minimum Gasteiger partial charge on any atom is -0.477 e. The van der Waals surface area contributed by atoms with E-state index in [1.807, 2.05) is 30.3 Å². The maximum atomic E-state index is 13.0. The van der Waals surface area contributed by atoms with Gasteiger partial charge in [-0.3, -0.25) is 4.79 Å². The zero-order valence-electron chi connectivity index (χ0n) is 16.8. The second-order valence-electron chi connectivity index (χ2n) is 7.58. The average molecular weight is 457 g/mol. The highest BCUT2D eigenvalue weighted by Crippen LogP contribution is 2.31. The van der Waals surface area contributed by atoms with Crippen molar-refractivity contribution in [3.05, 3.63) is 81.5 Å². The van der Waals surface area contributed by atoms with E-state index in [9.17, 15) is 9.90 Å². The molecule has 1 heterocycles. The van der Waals surface area contributed by atoms with Crippen LogP contribution in [0.1, 0.15) is 34.3 Å². The second kappa shape index (κ2) is 9.69. The topological polar surface area (TPSA) is 71.5 Å². The molecule has 0 aliphatic heterocycles. The third-order valence-corrected chi connectivity index (χ3v) is 5.92. The van der Waals surface area contributed by atoms with E-state index in [0.29, 0.717) is 34.0 Å². The molecule has 7 heteroatoms. The first-order chi connectivity index (χ1) is 15.0. The van der Waals surface area contributed by atoms with Gasteiger partial charge in [-0.1, -0.05) is 53.5 Å². The predicted molar refractivity (Wildman–Crippen MR) is 121 cm³/mol. The summed E-state index contributed by atoms with van der Waals surface area (Å²) in [6, 6.07) is 14.5. The van der Waals surface area contributed by atoms with Gasteiger partial charge in [0.25, 0.3) is 5.91 Å². The molecule has 0 spiro atoms. The molecule has 5 nitrogen and oxygen atoms in total. The van der Waals surface area contributed by atoms with Gasteiger partial charge in [0.05, 0.1) is 23.3 Å². The molecule has 0 radical (unpaired) electrons. The van der Waals surface area contributed by atoms with Gasteiger partial charge in [-0.2, -0.15) is 0 Å². The lowest BCUT2D eigenvalue weighted by Crippen LogP contribution is -2.24. The SMILES string of the molecule is O=C(NCc1ccc(Cl)c(Cl)c1)c1cc(-c2ccccc2CO)cnc1OCC1CC1. The summed E-state index contributed by atoms with van der Waals surface area (Å²) in [6.45, 7) is 0.733. The third-order valence-electron chi connectivity index (χ3n) is 5.18. The summed E-state index contributed by atoms with van der Waals surface area (Å²) in [5.41, 5.74) is 3.51. The van der Waals surface area contributed by atoms with Crippen LogP contribution < -0.4 is 10.1 Å². The Morgan fingerprint density at radius 3 is 2.68 bits per heavy atom. The number of aliphatic hydroxyl groups is 1. The quantitative estimate of drug-likeness (QED) is 0.484. The van der Waals surface area contributed by atoms with Crippen LogP contribution in [0.5, 0.6) is 5.88 Å². The molecule has 3 aromatic rings. The van der Waals surface area contributed by atoms with E-state index in [1.54, 1.807) is 24.4 Å². The molecule has 160 valence electrons. The number of aliphatic hydroxyl groups excluding tert-OH is 1.